The molecule has 0 atom stereocenters. The number of nitrogens with two attached hydrogens (primary N) is 1. The van der Waals surface area contributed by atoms with Crippen LogP contribution < -0.4 is 5.73 Å². The van der Waals surface area contributed by atoms with Gasteiger partial charge in [0.15, 0.2) is 0 Å². The molecule has 0 unspecified atom stereocenters. The van der Waals surface area contributed by atoms with Crippen molar-refractivity contribution in [3.05, 3.63) is 35.6 Å². The number of rotatable bonds is 1. The highest BCUT2D eigenvalue weighted by Gasteiger charge is 1.97. The number of carbonyl (C=O) groups is 1. The van der Waals surface area contributed by atoms with E-state index >= 15 is 0 Å². The summed E-state index contributed by atoms with van der Waals surface area (Å²) in [7, 11) is 0. The van der Waals surface area contributed by atoms with Gasteiger partial charge in [0.2, 0.25) is 5.91 Å². The maximum Gasteiger partial charge on any atom is 0.342 e. The second-order valence-corrected chi connectivity index (χ2v) is 2.15. The van der Waals surface area contributed by atoms with Crippen LogP contribution in [0.4, 0.5) is 13.2 Å². The first-order chi connectivity index (χ1) is 6.43. The lowest BCUT2D eigenvalue weighted by atomic mass is 10.2. The van der Waals surface area contributed by atoms with Crippen molar-refractivity contribution in [2.75, 3.05) is 0 Å². The summed E-state index contributed by atoms with van der Waals surface area (Å²) in [5.74, 6) is -0.912. The van der Waals surface area contributed by atoms with Gasteiger partial charge in [-0.2, -0.15) is 8.78 Å². The van der Waals surface area contributed by atoms with Crippen molar-refractivity contribution in [2.45, 2.75) is 6.61 Å². The number of primary amides is 1. The van der Waals surface area contributed by atoms with Gasteiger partial charge in [-0.3, -0.25) is 4.79 Å². The van der Waals surface area contributed by atoms with Crippen LogP contribution in [0.3, 0.4) is 0 Å². The topological polar surface area (TPSA) is 63.3 Å². The van der Waals surface area contributed by atoms with Crippen LogP contribution in [0.25, 0.3) is 0 Å². The molecule has 1 rings (SSSR count). The molecule has 1 amide bonds. The molecule has 0 aromatic heterocycles. The summed E-state index contributed by atoms with van der Waals surface area (Å²) in [5, 5.41) is 6.72. The van der Waals surface area contributed by atoms with Gasteiger partial charge in [0, 0.05) is 5.56 Å². The molecule has 0 radical (unpaired) electrons. The number of carbonyl (C=O) groups excluding carboxylic acids is 1. The van der Waals surface area contributed by atoms with Crippen LogP contribution in [0, 0.1) is 5.82 Å². The first-order valence-corrected chi connectivity index (χ1v) is 3.45. The summed E-state index contributed by atoms with van der Waals surface area (Å²) in [4.78, 5) is 10.4. The fourth-order valence-electron chi connectivity index (χ4n) is 0.614. The summed E-state index contributed by atoms with van der Waals surface area (Å²) < 4.78 is 32.0. The molecule has 0 heterocycles. The Balaban J connectivity index is 0.000000364. The van der Waals surface area contributed by atoms with Crippen molar-refractivity contribution < 1.29 is 23.1 Å². The third-order valence-corrected chi connectivity index (χ3v) is 1.13. The maximum atomic E-state index is 12.2. The van der Waals surface area contributed by atoms with Crippen molar-refractivity contribution in [2.24, 2.45) is 5.73 Å². The number of amides is 1. The SMILES string of the molecule is NC(=O)c1ccc(F)cc1.OC(F)F. The van der Waals surface area contributed by atoms with Gasteiger partial charge in [0.25, 0.3) is 0 Å². The Morgan fingerprint density at radius 3 is 1.93 bits per heavy atom. The van der Waals surface area contributed by atoms with Crippen LogP contribution in [-0.4, -0.2) is 17.6 Å². The average molecular weight is 207 g/mol. The molecule has 14 heavy (non-hydrogen) atoms. The van der Waals surface area contributed by atoms with Gasteiger partial charge in [-0.25, -0.2) is 4.39 Å². The van der Waals surface area contributed by atoms with Crippen LogP contribution in [0.2, 0.25) is 0 Å². The molecule has 6 heteroatoms. The van der Waals surface area contributed by atoms with Crippen LogP contribution in [-0.2, 0) is 0 Å². The zero-order valence-corrected chi connectivity index (χ0v) is 6.95. The number of aliphatic hydroxyl groups excluding tert-OH is 1. The van der Waals surface area contributed by atoms with Gasteiger partial charge in [0.05, 0.1) is 0 Å². The van der Waals surface area contributed by atoms with Gasteiger partial charge >= 0.3 is 6.61 Å². The second kappa shape index (κ2) is 5.98. The zero-order valence-electron chi connectivity index (χ0n) is 6.95. The Morgan fingerprint density at radius 1 is 1.29 bits per heavy atom. The zero-order chi connectivity index (χ0) is 11.1. The van der Waals surface area contributed by atoms with E-state index in [9.17, 15) is 18.0 Å². The molecule has 3 nitrogen and oxygen atoms in total. The molecule has 0 aliphatic rings. The number of hydrogen-bond acceptors (Lipinski definition) is 2. The Hall–Kier alpha value is -1.56. The van der Waals surface area contributed by atoms with Gasteiger partial charge in [-0.15, -0.1) is 0 Å². The number of halogens is 3. The van der Waals surface area contributed by atoms with E-state index in [1.807, 2.05) is 0 Å². The Bertz CT molecular complexity index is 284. The summed E-state index contributed by atoms with van der Waals surface area (Å²) >= 11 is 0. The minimum absolute atomic E-state index is 0.321. The fraction of sp³-hybridized carbons (Fsp3) is 0.125. The van der Waals surface area contributed by atoms with E-state index in [1.165, 1.54) is 24.3 Å². The lowest BCUT2D eigenvalue weighted by molar-refractivity contribution is -0.0728. The van der Waals surface area contributed by atoms with Gasteiger partial charge < -0.3 is 10.8 Å². The van der Waals surface area contributed by atoms with Crippen molar-refractivity contribution in [1.29, 1.82) is 0 Å². The molecule has 1 aromatic rings. The molecule has 0 saturated heterocycles. The average Bonchev–Trinajstić information content (AvgIpc) is 2.03. The van der Waals surface area contributed by atoms with E-state index in [0.717, 1.165) is 0 Å². The third kappa shape index (κ3) is 6.01. The summed E-state index contributed by atoms with van der Waals surface area (Å²) in [6.45, 7) is -3.17. The molecule has 0 aliphatic heterocycles. The lowest BCUT2D eigenvalue weighted by Crippen LogP contribution is -2.10. The van der Waals surface area contributed by atoms with Crippen LogP contribution in [0.15, 0.2) is 24.3 Å². The first-order valence-electron chi connectivity index (χ1n) is 3.45. The van der Waals surface area contributed by atoms with Crippen molar-refractivity contribution >= 4 is 5.91 Å². The third-order valence-electron chi connectivity index (χ3n) is 1.13. The monoisotopic (exact) mass is 207 g/mol. The van der Waals surface area contributed by atoms with E-state index in [0.29, 0.717) is 5.56 Å². The quantitative estimate of drug-likeness (QED) is 0.724. The van der Waals surface area contributed by atoms with Crippen LogP contribution in [0.1, 0.15) is 10.4 Å². The predicted molar refractivity (Wildman–Crippen MR) is 43.1 cm³/mol. The van der Waals surface area contributed by atoms with Crippen molar-refractivity contribution in [1.82, 2.24) is 0 Å². The number of benzene rings is 1. The smallest absolute Gasteiger partial charge is 0.342 e. The normalized spacial score (nSPS) is 9.21. The number of hydrogen-bond donors (Lipinski definition) is 2. The van der Waals surface area contributed by atoms with E-state index in [4.69, 9.17) is 10.8 Å². The highest BCUT2D eigenvalue weighted by Crippen LogP contribution is 2.00. The minimum atomic E-state index is -3.17. The van der Waals surface area contributed by atoms with Crippen LogP contribution >= 0.6 is 0 Å². The molecular formula is C8H8F3NO2. The summed E-state index contributed by atoms with van der Waals surface area (Å²) in [6, 6.07) is 5.08. The lowest BCUT2D eigenvalue weighted by Gasteiger charge is -1.91. The molecule has 0 fully saturated rings. The minimum Gasteiger partial charge on any atom is -0.366 e. The predicted octanol–water partition coefficient (Wildman–Crippen LogP) is 1.13. The van der Waals surface area contributed by atoms with Crippen LogP contribution in [0.5, 0.6) is 0 Å². The van der Waals surface area contributed by atoms with Gasteiger partial charge in [0.1, 0.15) is 5.82 Å². The highest BCUT2D eigenvalue weighted by atomic mass is 19.3. The Labute approximate surface area is 78.0 Å². The maximum absolute atomic E-state index is 12.2. The summed E-state index contributed by atoms with van der Waals surface area (Å²) in [5.41, 5.74) is 5.22. The standard InChI is InChI=1S/C7H6FNO.CH2F2O/c8-6-3-1-5(2-4-6)7(9)10;2-1(3)4/h1-4H,(H2,9,10);1,4H. The fourth-order valence-corrected chi connectivity index (χ4v) is 0.614. The second-order valence-electron chi connectivity index (χ2n) is 2.15. The van der Waals surface area contributed by atoms with Gasteiger partial charge in [-0.1, -0.05) is 0 Å². The van der Waals surface area contributed by atoms with Gasteiger partial charge in [-0.05, 0) is 24.3 Å². The van der Waals surface area contributed by atoms with Crippen molar-refractivity contribution in [3.8, 4) is 0 Å². The molecule has 0 aliphatic carbocycles. The van der Waals surface area contributed by atoms with E-state index in [-0.39, 0.29) is 5.82 Å². The highest BCUT2D eigenvalue weighted by molar-refractivity contribution is 5.92. The first kappa shape index (κ1) is 12.4. The Kier molecular flexibility index (Phi) is 5.31. The summed E-state index contributed by atoms with van der Waals surface area (Å²) in [6.07, 6.45) is 0. The Morgan fingerprint density at radius 2 is 1.64 bits per heavy atom. The molecule has 3 N–H and O–H groups in total. The molecule has 1 aromatic carbocycles. The molecule has 0 spiro atoms. The van der Waals surface area contributed by atoms with E-state index in [2.05, 4.69) is 0 Å². The molecular weight excluding hydrogens is 199 g/mol. The number of aliphatic hydroxyl groups is 1. The van der Waals surface area contributed by atoms with Crippen molar-refractivity contribution in [3.63, 3.8) is 0 Å². The molecule has 0 saturated carbocycles. The van der Waals surface area contributed by atoms with E-state index in [1.54, 1.807) is 0 Å². The number of alkyl halides is 2. The largest absolute Gasteiger partial charge is 0.366 e. The molecule has 0 bridgehead atoms. The van der Waals surface area contributed by atoms with E-state index < -0.39 is 12.5 Å². The molecule has 78 valence electrons.